The van der Waals surface area contributed by atoms with E-state index in [0.29, 0.717) is 4.88 Å². The maximum absolute atomic E-state index is 12.9. The van der Waals surface area contributed by atoms with Gasteiger partial charge in [-0.15, -0.1) is 11.3 Å². The number of rotatable bonds is 6. The Kier molecular flexibility index (Phi) is 5.86. The molecule has 0 aliphatic carbocycles. The zero-order valence-electron chi connectivity index (χ0n) is 15.9. The van der Waals surface area contributed by atoms with Crippen LogP contribution in [0.2, 0.25) is 0 Å². The number of nitrogens with zero attached hydrogens (tertiary/aromatic N) is 2. The van der Waals surface area contributed by atoms with Crippen molar-refractivity contribution in [2.75, 3.05) is 7.11 Å². The molecule has 0 radical (unpaired) electrons. The van der Waals surface area contributed by atoms with Gasteiger partial charge in [0.05, 0.1) is 24.5 Å². The highest BCUT2D eigenvalue weighted by Gasteiger charge is 2.23. The maximum Gasteiger partial charge on any atom is 0.263 e. The molecule has 0 aliphatic rings. The summed E-state index contributed by atoms with van der Waals surface area (Å²) < 4.78 is 5.22. The Morgan fingerprint density at radius 3 is 2.48 bits per heavy atom. The number of benzene rings is 1. The van der Waals surface area contributed by atoms with Crippen LogP contribution in [-0.4, -0.2) is 23.0 Å². The van der Waals surface area contributed by atoms with E-state index in [2.05, 4.69) is 29.1 Å². The SMILES string of the molecule is COc1ccc(C(NC(=O)c2sc(-c3ccccn3)nc2C)C(C)C)cc1. The molecule has 1 N–H and O–H groups in total. The Hall–Kier alpha value is -2.73. The quantitative estimate of drug-likeness (QED) is 0.675. The fourth-order valence-corrected chi connectivity index (χ4v) is 3.81. The van der Waals surface area contributed by atoms with Gasteiger partial charge in [-0.1, -0.05) is 32.0 Å². The molecule has 1 atom stereocenters. The zero-order chi connectivity index (χ0) is 19.4. The molecule has 6 heteroatoms. The van der Waals surface area contributed by atoms with E-state index in [-0.39, 0.29) is 17.9 Å². The number of amides is 1. The number of carbonyl (C=O) groups is 1. The molecule has 0 aliphatic heterocycles. The van der Waals surface area contributed by atoms with Crippen molar-refractivity contribution < 1.29 is 9.53 Å². The minimum atomic E-state index is -0.110. The fraction of sp³-hybridized carbons (Fsp3) is 0.286. The van der Waals surface area contributed by atoms with Crippen LogP contribution < -0.4 is 10.1 Å². The van der Waals surface area contributed by atoms with Crippen LogP contribution in [0.1, 0.15) is 40.8 Å². The molecule has 140 valence electrons. The summed E-state index contributed by atoms with van der Waals surface area (Å²) in [4.78, 5) is 22.4. The van der Waals surface area contributed by atoms with Gasteiger partial charge in [-0.2, -0.15) is 0 Å². The van der Waals surface area contributed by atoms with E-state index in [1.807, 2.05) is 49.4 Å². The summed E-state index contributed by atoms with van der Waals surface area (Å²) in [5, 5.41) is 3.92. The first kappa shape index (κ1) is 19.0. The zero-order valence-corrected chi connectivity index (χ0v) is 16.7. The van der Waals surface area contributed by atoms with E-state index in [4.69, 9.17) is 4.74 Å². The number of aryl methyl sites for hydroxylation is 1. The smallest absolute Gasteiger partial charge is 0.263 e. The van der Waals surface area contributed by atoms with Crippen LogP contribution >= 0.6 is 11.3 Å². The van der Waals surface area contributed by atoms with Gasteiger partial charge in [0, 0.05) is 6.20 Å². The molecule has 0 fully saturated rings. The predicted octanol–water partition coefficient (Wildman–Crippen LogP) is 4.65. The highest BCUT2D eigenvalue weighted by Crippen LogP contribution is 2.29. The third kappa shape index (κ3) is 4.34. The highest BCUT2D eigenvalue weighted by molar-refractivity contribution is 7.17. The molecule has 1 amide bonds. The monoisotopic (exact) mass is 381 g/mol. The Balaban J connectivity index is 1.83. The minimum Gasteiger partial charge on any atom is -0.497 e. The molecular weight excluding hydrogens is 358 g/mol. The van der Waals surface area contributed by atoms with Gasteiger partial charge in [0.2, 0.25) is 0 Å². The number of hydrogen-bond acceptors (Lipinski definition) is 5. The lowest BCUT2D eigenvalue weighted by Crippen LogP contribution is -2.31. The van der Waals surface area contributed by atoms with Crippen LogP contribution in [0.25, 0.3) is 10.7 Å². The Morgan fingerprint density at radius 2 is 1.89 bits per heavy atom. The Morgan fingerprint density at radius 1 is 1.15 bits per heavy atom. The van der Waals surface area contributed by atoms with Gasteiger partial charge in [-0.25, -0.2) is 4.98 Å². The second-order valence-electron chi connectivity index (χ2n) is 6.62. The van der Waals surface area contributed by atoms with Gasteiger partial charge in [0.25, 0.3) is 5.91 Å². The largest absolute Gasteiger partial charge is 0.497 e. The van der Waals surface area contributed by atoms with E-state index < -0.39 is 0 Å². The molecule has 0 saturated heterocycles. The molecule has 27 heavy (non-hydrogen) atoms. The van der Waals surface area contributed by atoms with Gasteiger partial charge < -0.3 is 10.1 Å². The molecule has 0 saturated carbocycles. The third-order valence-corrected chi connectivity index (χ3v) is 5.49. The molecule has 2 aromatic heterocycles. The van der Waals surface area contributed by atoms with Crippen LogP contribution in [0.15, 0.2) is 48.7 Å². The van der Waals surface area contributed by atoms with Gasteiger partial charge >= 0.3 is 0 Å². The number of aromatic nitrogens is 2. The average Bonchev–Trinajstić information content (AvgIpc) is 3.08. The molecule has 1 unspecified atom stereocenters. The van der Waals surface area contributed by atoms with Crippen molar-refractivity contribution >= 4 is 17.2 Å². The number of nitrogens with one attached hydrogen (secondary N) is 1. The van der Waals surface area contributed by atoms with Crippen molar-refractivity contribution in [3.63, 3.8) is 0 Å². The van der Waals surface area contributed by atoms with Crippen LogP contribution in [0, 0.1) is 12.8 Å². The van der Waals surface area contributed by atoms with E-state index in [9.17, 15) is 4.79 Å². The van der Waals surface area contributed by atoms with E-state index >= 15 is 0 Å². The first-order valence-electron chi connectivity index (χ1n) is 8.83. The lowest BCUT2D eigenvalue weighted by molar-refractivity contribution is 0.0929. The maximum atomic E-state index is 12.9. The van der Waals surface area contributed by atoms with Crippen molar-refractivity contribution in [1.29, 1.82) is 0 Å². The van der Waals surface area contributed by atoms with Crippen molar-refractivity contribution in [2.24, 2.45) is 5.92 Å². The number of carbonyl (C=O) groups excluding carboxylic acids is 1. The first-order chi connectivity index (χ1) is 13.0. The second kappa shape index (κ2) is 8.31. The minimum absolute atomic E-state index is 0.0943. The van der Waals surface area contributed by atoms with Crippen LogP contribution in [0.4, 0.5) is 0 Å². The Labute approximate surface area is 163 Å². The number of ether oxygens (including phenoxy) is 1. The lowest BCUT2D eigenvalue weighted by atomic mass is 9.96. The van der Waals surface area contributed by atoms with Crippen molar-refractivity contribution in [3.8, 4) is 16.5 Å². The van der Waals surface area contributed by atoms with Gasteiger partial charge in [0.15, 0.2) is 0 Å². The summed E-state index contributed by atoms with van der Waals surface area (Å²) in [6.45, 7) is 6.04. The molecule has 5 nitrogen and oxygen atoms in total. The van der Waals surface area contributed by atoms with E-state index in [0.717, 1.165) is 27.7 Å². The standard InChI is InChI=1S/C21H23N3O2S/c1-13(2)18(15-8-10-16(26-4)11-9-15)24-20(25)19-14(3)23-21(27-19)17-7-5-6-12-22-17/h5-13,18H,1-4H3,(H,24,25). The number of thiazole rings is 1. The average molecular weight is 382 g/mol. The molecule has 3 rings (SSSR count). The number of pyridine rings is 1. The topological polar surface area (TPSA) is 64.1 Å². The number of hydrogen-bond donors (Lipinski definition) is 1. The Bertz CT molecular complexity index is 905. The summed E-state index contributed by atoms with van der Waals surface area (Å²) >= 11 is 1.37. The van der Waals surface area contributed by atoms with Crippen LogP contribution in [0.5, 0.6) is 5.75 Å². The fourth-order valence-electron chi connectivity index (χ4n) is 2.86. The van der Waals surface area contributed by atoms with Crippen molar-refractivity contribution in [2.45, 2.75) is 26.8 Å². The van der Waals surface area contributed by atoms with Crippen molar-refractivity contribution in [1.82, 2.24) is 15.3 Å². The molecule has 1 aromatic carbocycles. The van der Waals surface area contributed by atoms with Gasteiger partial charge in [-0.05, 0) is 42.7 Å². The van der Waals surface area contributed by atoms with Crippen molar-refractivity contribution in [3.05, 3.63) is 64.8 Å². The van der Waals surface area contributed by atoms with E-state index in [1.54, 1.807) is 13.3 Å². The molecule has 3 aromatic rings. The van der Waals surface area contributed by atoms with Crippen LogP contribution in [0.3, 0.4) is 0 Å². The molecule has 2 heterocycles. The summed E-state index contributed by atoms with van der Waals surface area (Å²) in [5.41, 5.74) is 2.54. The lowest BCUT2D eigenvalue weighted by Gasteiger charge is -2.23. The molecule has 0 spiro atoms. The summed E-state index contributed by atoms with van der Waals surface area (Å²) in [6, 6.07) is 13.4. The summed E-state index contributed by atoms with van der Waals surface area (Å²) in [5.74, 6) is 0.929. The normalized spacial score (nSPS) is 12.0. The first-order valence-corrected chi connectivity index (χ1v) is 9.65. The van der Waals surface area contributed by atoms with Gasteiger partial charge in [0.1, 0.15) is 15.6 Å². The van der Waals surface area contributed by atoms with Gasteiger partial charge in [-0.3, -0.25) is 9.78 Å². The molecular formula is C21H23N3O2S. The van der Waals surface area contributed by atoms with Crippen LogP contribution in [-0.2, 0) is 0 Å². The van der Waals surface area contributed by atoms with E-state index in [1.165, 1.54) is 11.3 Å². The molecule has 0 bridgehead atoms. The summed E-state index contributed by atoms with van der Waals surface area (Å²) in [7, 11) is 1.64. The second-order valence-corrected chi connectivity index (χ2v) is 7.62. The third-order valence-electron chi connectivity index (χ3n) is 4.32. The highest BCUT2D eigenvalue weighted by atomic mass is 32.1. The summed E-state index contributed by atoms with van der Waals surface area (Å²) in [6.07, 6.45) is 1.73. The predicted molar refractivity (Wildman–Crippen MR) is 108 cm³/mol. The number of methoxy groups -OCH3 is 1.